The number of nitrogens with one attached hydrogen (secondary N) is 1. The molecule has 3 aromatic carbocycles. The van der Waals surface area contributed by atoms with Crippen molar-refractivity contribution in [2.45, 2.75) is 58.1 Å². The number of nitrogens with zero attached hydrogens (tertiary/aromatic N) is 1. The van der Waals surface area contributed by atoms with Crippen LogP contribution in [0.5, 0.6) is 5.75 Å². The topological polar surface area (TPSA) is 97.3 Å². The normalized spacial score (nSPS) is 12.6. The molecule has 0 aliphatic heterocycles. The van der Waals surface area contributed by atoms with Crippen LogP contribution in [0.3, 0.4) is 0 Å². The third kappa shape index (κ3) is 10.3. The Kier molecular flexibility index (Phi) is 10.8. The van der Waals surface area contributed by atoms with Gasteiger partial charge in [-0.15, -0.1) is 0 Å². The smallest absolute Gasteiger partial charge is 0.410 e. The molecule has 0 fully saturated rings. The summed E-state index contributed by atoms with van der Waals surface area (Å²) in [6.07, 6.45) is -2.01. The highest BCUT2D eigenvalue weighted by molar-refractivity contribution is 5.69. The second-order valence-electron chi connectivity index (χ2n) is 10.3. The van der Waals surface area contributed by atoms with Crippen LogP contribution in [0.1, 0.15) is 37.5 Å². The summed E-state index contributed by atoms with van der Waals surface area (Å²) in [5.74, 6) is 0.652. The number of ether oxygens (including phenoxy) is 3. The highest BCUT2D eigenvalue weighted by Gasteiger charge is 2.29. The van der Waals surface area contributed by atoms with E-state index < -0.39 is 29.9 Å². The number of aliphatic hydroxyl groups is 1. The molecule has 0 bridgehead atoms. The van der Waals surface area contributed by atoms with E-state index in [1.165, 1.54) is 4.90 Å². The number of benzene rings is 3. The van der Waals surface area contributed by atoms with Gasteiger partial charge in [-0.05, 0) is 56.0 Å². The maximum absolute atomic E-state index is 13.3. The lowest BCUT2D eigenvalue weighted by Crippen LogP contribution is -2.51. The highest BCUT2D eigenvalue weighted by atomic mass is 16.6. The minimum Gasteiger partial charge on any atom is -0.497 e. The molecule has 2 N–H and O–H groups in total. The Labute approximate surface area is 230 Å². The summed E-state index contributed by atoms with van der Waals surface area (Å²) in [7, 11) is 1.57. The summed E-state index contributed by atoms with van der Waals surface area (Å²) in [5, 5.41) is 14.2. The third-order valence-corrected chi connectivity index (χ3v) is 5.84. The fourth-order valence-corrected chi connectivity index (χ4v) is 3.97. The summed E-state index contributed by atoms with van der Waals surface area (Å²) < 4.78 is 16.4. The van der Waals surface area contributed by atoms with E-state index in [9.17, 15) is 14.7 Å². The van der Waals surface area contributed by atoms with Crippen molar-refractivity contribution in [3.05, 3.63) is 102 Å². The lowest BCUT2D eigenvalue weighted by molar-refractivity contribution is 0.0327. The number of amides is 2. The van der Waals surface area contributed by atoms with Gasteiger partial charge in [0.05, 0.1) is 25.8 Å². The van der Waals surface area contributed by atoms with Crippen LogP contribution in [0.25, 0.3) is 0 Å². The minimum atomic E-state index is -1.12. The van der Waals surface area contributed by atoms with Crippen molar-refractivity contribution < 1.29 is 28.9 Å². The van der Waals surface area contributed by atoms with Crippen LogP contribution in [0, 0.1) is 0 Å². The molecule has 0 saturated carbocycles. The van der Waals surface area contributed by atoms with E-state index in [-0.39, 0.29) is 19.7 Å². The Morgan fingerprint density at radius 2 is 1.51 bits per heavy atom. The number of hydrogen-bond donors (Lipinski definition) is 2. The number of carbonyl (C=O) groups is 2. The Bertz CT molecular complexity index is 1180. The highest BCUT2D eigenvalue weighted by Crippen LogP contribution is 2.17. The molecule has 0 aromatic heterocycles. The van der Waals surface area contributed by atoms with Gasteiger partial charge in [-0.2, -0.15) is 0 Å². The van der Waals surface area contributed by atoms with Crippen molar-refractivity contribution in [1.82, 2.24) is 10.2 Å². The van der Waals surface area contributed by atoms with Gasteiger partial charge >= 0.3 is 12.2 Å². The maximum atomic E-state index is 13.3. The molecular formula is C31H38N2O6. The van der Waals surface area contributed by atoms with Gasteiger partial charge in [0.1, 0.15) is 18.0 Å². The largest absolute Gasteiger partial charge is 0.497 e. The quantitative estimate of drug-likeness (QED) is 0.345. The second-order valence-corrected chi connectivity index (χ2v) is 10.3. The van der Waals surface area contributed by atoms with E-state index in [4.69, 9.17) is 14.2 Å². The number of alkyl carbamates (subject to hydrolysis) is 1. The van der Waals surface area contributed by atoms with Crippen molar-refractivity contribution in [2.75, 3.05) is 13.7 Å². The number of carbonyl (C=O) groups excluding carboxylic acids is 2. The summed E-state index contributed by atoms with van der Waals surface area (Å²) >= 11 is 0. The Morgan fingerprint density at radius 1 is 0.897 bits per heavy atom. The van der Waals surface area contributed by atoms with Gasteiger partial charge in [0.2, 0.25) is 0 Å². The fourth-order valence-electron chi connectivity index (χ4n) is 3.97. The monoisotopic (exact) mass is 534 g/mol. The molecule has 0 radical (unpaired) electrons. The van der Waals surface area contributed by atoms with Crippen molar-refractivity contribution in [1.29, 1.82) is 0 Å². The first-order valence-corrected chi connectivity index (χ1v) is 12.9. The Balaban J connectivity index is 1.80. The maximum Gasteiger partial charge on any atom is 0.410 e. The zero-order valence-corrected chi connectivity index (χ0v) is 23.0. The fraction of sp³-hybridized carbons (Fsp3) is 0.355. The Hall–Kier alpha value is -4.04. The molecule has 3 rings (SSSR count). The van der Waals surface area contributed by atoms with Crippen molar-refractivity contribution >= 4 is 12.2 Å². The molecule has 2 atom stereocenters. The van der Waals surface area contributed by atoms with E-state index in [0.29, 0.717) is 12.2 Å². The first kappa shape index (κ1) is 29.5. The van der Waals surface area contributed by atoms with Gasteiger partial charge in [0.25, 0.3) is 0 Å². The molecule has 0 unspecified atom stereocenters. The number of aliphatic hydroxyl groups excluding tert-OH is 1. The van der Waals surface area contributed by atoms with Crippen LogP contribution in [0.2, 0.25) is 0 Å². The van der Waals surface area contributed by atoms with Crippen LogP contribution in [-0.4, -0.2) is 53.6 Å². The first-order valence-electron chi connectivity index (χ1n) is 12.9. The molecule has 2 amide bonds. The van der Waals surface area contributed by atoms with Crippen LogP contribution < -0.4 is 10.1 Å². The molecule has 39 heavy (non-hydrogen) atoms. The molecule has 0 saturated heterocycles. The molecule has 3 aromatic rings. The summed E-state index contributed by atoms with van der Waals surface area (Å²) in [4.78, 5) is 27.3. The van der Waals surface area contributed by atoms with E-state index in [1.807, 2.05) is 84.9 Å². The molecule has 0 heterocycles. The number of methoxy groups -OCH3 is 1. The van der Waals surface area contributed by atoms with Gasteiger partial charge in [-0.1, -0.05) is 72.8 Å². The minimum absolute atomic E-state index is 0.0852. The molecular weight excluding hydrogens is 496 g/mol. The summed E-state index contributed by atoms with van der Waals surface area (Å²) in [6, 6.07) is 25.5. The van der Waals surface area contributed by atoms with Gasteiger partial charge in [-0.25, -0.2) is 9.59 Å². The van der Waals surface area contributed by atoms with E-state index in [0.717, 1.165) is 16.7 Å². The third-order valence-electron chi connectivity index (χ3n) is 5.84. The van der Waals surface area contributed by atoms with Gasteiger partial charge in [0.15, 0.2) is 0 Å². The van der Waals surface area contributed by atoms with Crippen molar-refractivity contribution in [2.24, 2.45) is 0 Å². The second kappa shape index (κ2) is 14.2. The van der Waals surface area contributed by atoms with Crippen molar-refractivity contribution in [3.63, 3.8) is 0 Å². The molecule has 0 aliphatic carbocycles. The van der Waals surface area contributed by atoms with Gasteiger partial charge in [-0.3, -0.25) is 0 Å². The predicted molar refractivity (Wildman–Crippen MR) is 149 cm³/mol. The molecule has 0 spiro atoms. The lowest BCUT2D eigenvalue weighted by atomic mass is 10.0. The first-order chi connectivity index (χ1) is 18.6. The molecule has 8 nitrogen and oxygen atoms in total. The van der Waals surface area contributed by atoms with Crippen LogP contribution in [0.15, 0.2) is 84.9 Å². The summed E-state index contributed by atoms with van der Waals surface area (Å²) in [5.41, 5.74) is 1.87. The number of rotatable bonds is 11. The molecule has 8 heteroatoms. The van der Waals surface area contributed by atoms with Gasteiger partial charge < -0.3 is 29.5 Å². The van der Waals surface area contributed by atoms with E-state index in [1.54, 1.807) is 27.9 Å². The standard InChI is InChI=1S/C31H38N2O6/c1-31(2,3)39-29(35)32-27(19-23-12-7-5-8-13-23)28(34)21-33(20-25-16-11-17-26(18-25)37-4)30(36)38-22-24-14-9-6-10-15-24/h5-18,27-28,34H,19-22H2,1-4H3,(H,32,35)/t27-,28+/m0/s1. The lowest BCUT2D eigenvalue weighted by Gasteiger charge is -2.30. The Morgan fingerprint density at radius 3 is 2.13 bits per heavy atom. The zero-order valence-electron chi connectivity index (χ0n) is 23.0. The van der Waals surface area contributed by atoms with Crippen molar-refractivity contribution in [3.8, 4) is 5.75 Å². The average molecular weight is 535 g/mol. The molecule has 208 valence electrons. The number of hydrogen-bond acceptors (Lipinski definition) is 6. The average Bonchev–Trinajstić information content (AvgIpc) is 2.91. The predicted octanol–water partition coefficient (Wildman–Crippen LogP) is 5.33. The van der Waals surface area contributed by atoms with Gasteiger partial charge in [0, 0.05) is 6.54 Å². The summed E-state index contributed by atoms with van der Waals surface area (Å²) in [6.45, 7) is 5.49. The van der Waals surface area contributed by atoms with E-state index >= 15 is 0 Å². The van der Waals surface area contributed by atoms with Crippen LogP contribution in [-0.2, 0) is 29.0 Å². The molecule has 0 aliphatic rings. The van der Waals surface area contributed by atoms with Crippen LogP contribution in [0.4, 0.5) is 9.59 Å². The van der Waals surface area contributed by atoms with Crippen LogP contribution >= 0.6 is 0 Å². The zero-order chi connectivity index (χ0) is 28.3. The SMILES string of the molecule is COc1cccc(CN(C[C@@H](O)[C@H](Cc2ccccc2)NC(=O)OC(C)(C)C)C(=O)OCc2ccccc2)c1. The van der Waals surface area contributed by atoms with E-state index in [2.05, 4.69) is 5.32 Å².